The van der Waals surface area contributed by atoms with E-state index in [0.717, 1.165) is 11.3 Å². The minimum atomic E-state index is -0.437. The quantitative estimate of drug-likeness (QED) is 0.474. The predicted molar refractivity (Wildman–Crippen MR) is 90.1 cm³/mol. The maximum absolute atomic E-state index is 12.0. The SMILES string of the molecule is CCOC(=O)c1cnc(SC)nc1NCc1cccc(OC)c1. The molecule has 6 nitrogen and oxygen atoms in total. The summed E-state index contributed by atoms with van der Waals surface area (Å²) in [6.07, 6.45) is 3.37. The fourth-order valence-corrected chi connectivity index (χ4v) is 2.27. The molecule has 1 aromatic heterocycles. The number of esters is 1. The van der Waals surface area contributed by atoms with Gasteiger partial charge >= 0.3 is 5.97 Å². The minimum absolute atomic E-state index is 0.304. The molecule has 0 spiro atoms. The molecule has 0 bridgehead atoms. The lowest BCUT2D eigenvalue weighted by molar-refractivity contribution is 0.0526. The summed E-state index contributed by atoms with van der Waals surface area (Å²) in [5.41, 5.74) is 1.34. The number of carbonyl (C=O) groups is 1. The van der Waals surface area contributed by atoms with Crippen LogP contribution in [0.1, 0.15) is 22.8 Å². The lowest BCUT2D eigenvalue weighted by Gasteiger charge is -2.11. The van der Waals surface area contributed by atoms with Crippen LogP contribution in [0.25, 0.3) is 0 Å². The van der Waals surface area contributed by atoms with Crippen LogP contribution in [0.4, 0.5) is 5.82 Å². The van der Waals surface area contributed by atoms with Crippen molar-refractivity contribution in [3.05, 3.63) is 41.6 Å². The number of rotatable bonds is 7. The molecular weight excluding hydrogens is 314 g/mol. The van der Waals surface area contributed by atoms with Gasteiger partial charge in [0.25, 0.3) is 0 Å². The molecule has 0 aliphatic rings. The van der Waals surface area contributed by atoms with Gasteiger partial charge in [-0.05, 0) is 30.9 Å². The Bertz CT molecular complexity index is 679. The summed E-state index contributed by atoms with van der Waals surface area (Å²) in [6, 6.07) is 7.68. The zero-order valence-electron chi connectivity index (χ0n) is 13.3. The van der Waals surface area contributed by atoms with Gasteiger partial charge in [0.05, 0.1) is 13.7 Å². The predicted octanol–water partition coefficient (Wildman–Crippen LogP) is 3.00. The molecule has 0 fully saturated rings. The highest BCUT2D eigenvalue weighted by Gasteiger charge is 2.15. The monoisotopic (exact) mass is 333 g/mol. The molecule has 0 amide bonds. The highest BCUT2D eigenvalue weighted by molar-refractivity contribution is 7.98. The fourth-order valence-electron chi connectivity index (χ4n) is 1.93. The van der Waals surface area contributed by atoms with Crippen LogP contribution in [0, 0.1) is 0 Å². The Hall–Kier alpha value is -2.28. The van der Waals surface area contributed by atoms with Crippen molar-refractivity contribution in [1.82, 2.24) is 9.97 Å². The molecule has 1 heterocycles. The van der Waals surface area contributed by atoms with E-state index in [9.17, 15) is 4.79 Å². The number of anilines is 1. The lowest BCUT2D eigenvalue weighted by atomic mass is 10.2. The van der Waals surface area contributed by atoms with E-state index in [-0.39, 0.29) is 0 Å². The van der Waals surface area contributed by atoms with Crippen LogP contribution >= 0.6 is 11.8 Å². The summed E-state index contributed by atoms with van der Waals surface area (Å²) in [4.78, 5) is 20.5. The maximum Gasteiger partial charge on any atom is 0.343 e. The van der Waals surface area contributed by atoms with Crippen LogP contribution in [0.3, 0.4) is 0 Å². The van der Waals surface area contributed by atoms with Crippen molar-refractivity contribution in [1.29, 1.82) is 0 Å². The smallest absolute Gasteiger partial charge is 0.343 e. The number of thioether (sulfide) groups is 1. The summed E-state index contributed by atoms with van der Waals surface area (Å²) in [5, 5.41) is 3.76. The largest absolute Gasteiger partial charge is 0.497 e. The van der Waals surface area contributed by atoms with Crippen molar-refractivity contribution in [2.75, 3.05) is 25.3 Å². The van der Waals surface area contributed by atoms with Gasteiger partial charge in [-0.3, -0.25) is 0 Å². The average Bonchev–Trinajstić information content (AvgIpc) is 2.60. The number of nitrogens with one attached hydrogen (secondary N) is 1. The normalized spacial score (nSPS) is 10.2. The standard InChI is InChI=1S/C16H19N3O3S/c1-4-22-15(20)13-10-18-16(23-3)19-14(13)17-9-11-6-5-7-12(8-11)21-2/h5-8,10H,4,9H2,1-3H3,(H,17,18,19). The lowest BCUT2D eigenvalue weighted by Crippen LogP contribution is -2.12. The van der Waals surface area contributed by atoms with Crippen LogP contribution in [0.15, 0.2) is 35.6 Å². The third-order valence-electron chi connectivity index (χ3n) is 3.04. The van der Waals surface area contributed by atoms with E-state index in [1.165, 1.54) is 18.0 Å². The number of benzene rings is 1. The molecule has 1 aromatic carbocycles. The molecule has 0 unspecified atom stereocenters. The van der Waals surface area contributed by atoms with E-state index >= 15 is 0 Å². The topological polar surface area (TPSA) is 73.3 Å². The zero-order chi connectivity index (χ0) is 16.7. The van der Waals surface area contributed by atoms with Gasteiger partial charge in [0.1, 0.15) is 17.1 Å². The van der Waals surface area contributed by atoms with Crippen LogP contribution in [-0.2, 0) is 11.3 Å². The molecule has 0 saturated heterocycles. The van der Waals surface area contributed by atoms with E-state index in [1.54, 1.807) is 14.0 Å². The first-order valence-corrected chi connectivity index (χ1v) is 8.35. The van der Waals surface area contributed by atoms with E-state index in [4.69, 9.17) is 9.47 Å². The Balaban J connectivity index is 2.20. The van der Waals surface area contributed by atoms with Crippen LogP contribution in [0.5, 0.6) is 5.75 Å². The molecule has 0 aliphatic heterocycles. The molecule has 1 N–H and O–H groups in total. The van der Waals surface area contributed by atoms with E-state index < -0.39 is 5.97 Å². The summed E-state index contributed by atoms with van der Waals surface area (Å²) in [5.74, 6) is 0.807. The second kappa shape index (κ2) is 8.38. The number of hydrogen-bond acceptors (Lipinski definition) is 7. The minimum Gasteiger partial charge on any atom is -0.497 e. The molecule has 0 saturated carbocycles. The highest BCUT2D eigenvalue weighted by Crippen LogP contribution is 2.19. The second-order valence-electron chi connectivity index (χ2n) is 4.54. The van der Waals surface area contributed by atoms with Gasteiger partial charge < -0.3 is 14.8 Å². The van der Waals surface area contributed by atoms with Crippen LogP contribution < -0.4 is 10.1 Å². The van der Waals surface area contributed by atoms with E-state index in [1.807, 2.05) is 30.5 Å². The van der Waals surface area contributed by atoms with Gasteiger partial charge in [0, 0.05) is 12.7 Å². The summed E-state index contributed by atoms with van der Waals surface area (Å²) in [6.45, 7) is 2.57. The summed E-state index contributed by atoms with van der Waals surface area (Å²) in [7, 11) is 1.63. The third-order valence-corrected chi connectivity index (χ3v) is 3.60. The Morgan fingerprint density at radius 1 is 1.39 bits per heavy atom. The molecule has 2 aromatic rings. The Morgan fingerprint density at radius 3 is 2.91 bits per heavy atom. The van der Waals surface area contributed by atoms with E-state index in [2.05, 4.69) is 15.3 Å². The summed E-state index contributed by atoms with van der Waals surface area (Å²) < 4.78 is 10.3. The third kappa shape index (κ3) is 4.59. The molecule has 0 radical (unpaired) electrons. The average molecular weight is 333 g/mol. The van der Waals surface area contributed by atoms with Gasteiger partial charge in [-0.25, -0.2) is 14.8 Å². The van der Waals surface area contributed by atoms with Gasteiger partial charge in [-0.1, -0.05) is 23.9 Å². The first kappa shape index (κ1) is 17.1. The number of aromatic nitrogens is 2. The second-order valence-corrected chi connectivity index (χ2v) is 5.32. The van der Waals surface area contributed by atoms with Crippen LogP contribution in [0.2, 0.25) is 0 Å². The van der Waals surface area contributed by atoms with Crippen molar-refractivity contribution in [2.45, 2.75) is 18.6 Å². The van der Waals surface area contributed by atoms with Crippen molar-refractivity contribution < 1.29 is 14.3 Å². The van der Waals surface area contributed by atoms with Crippen molar-refractivity contribution in [3.8, 4) is 5.75 Å². The Labute approximate surface area is 139 Å². The maximum atomic E-state index is 12.0. The molecule has 7 heteroatoms. The molecular formula is C16H19N3O3S. The van der Waals surface area contributed by atoms with Gasteiger partial charge in [0.2, 0.25) is 0 Å². The first-order chi connectivity index (χ1) is 11.2. The molecule has 122 valence electrons. The Morgan fingerprint density at radius 2 is 2.22 bits per heavy atom. The first-order valence-electron chi connectivity index (χ1n) is 7.12. The Kier molecular flexibility index (Phi) is 6.22. The highest BCUT2D eigenvalue weighted by atomic mass is 32.2. The molecule has 23 heavy (non-hydrogen) atoms. The van der Waals surface area contributed by atoms with E-state index in [0.29, 0.717) is 29.7 Å². The summed E-state index contributed by atoms with van der Waals surface area (Å²) >= 11 is 1.41. The number of nitrogens with zero attached hydrogens (tertiary/aromatic N) is 2. The number of carbonyl (C=O) groups excluding carboxylic acids is 1. The molecule has 2 rings (SSSR count). The molecule has 0 aliphatic carbocycles. The van der Waals surface area contributed by atoms with Crippen molar-refractivity contribution in [2.24, 2.45) is 0 Å². The number of hydrogen-bond donors (Lipinski definition) is 1. The molecule has 0 atom stereocenters. The zero-order valence-corrected chi connectivity index (χ0v) is 14.1. The number of methoxy groups -OCH3 is 1. The van der Waals surface area contributed by atoms with Gasteiger partial charge in [-0.2, -0.15) is 0 Å². The van der Waals surface area contributed by atoms with Gasteiger partial charge in [-0.15, -0.1) is 0 Å². The van der Waals surface area contributed by atoms with Crippen LogP contribution in [-0.4, -0.2) is 35.9 Å². The van der Waals surface area contributed by atoms with Gasteiger partial charge in [0.15, 0.2) is 5.16 Å². The fraction of sp³-hybridized carbons (Fsp3) is 0.312. The number of ether oxygens (including phenoxy) is 2. The van der Waals surface area contributed by atoms with Crippen molar-refractivity contribution >= 4 is 23.5 Å². The van der Waals surface area contributed by atoms with Crippen molar-refractivity contribution in [3.63, 3.8) is 0 Å².